The average Bonchev–Trinajstić information content (AvgIpc) is 3.06. The van der Waals surface area contributed by atoms with Crippen molar-refractivity contribution in [3.8, 4) is 17.1 Å². The molecule has 0 spiro atoms. The summed E-state index contributed by atoms with van der Waals surface area (Å²) in [7, 11) is 0. The number of alkyl halides is 3. The topological polar surface area (TPSA) is 51.0 Å². The number of anilines is 1. The zero-order valence-electron chi connectivity index (χ0n) is 14.3. The molecule has 0 aliphatic carbocycles. The van der Waals surface area contributed by atoms with E-state index in [0.29, 0.717) is 30.3 Å². The first kappa shape index (κ1) is 17.3. The van der Waals surface area contributed by atoms with E-state index >= 15 is 0 Å². The first-order valence-electron chi connectivity index (χ1n) is 8.34. The van der Waals surface area contributed by atoms with Crippen LogP contribution in [0.2, 0.25) is 0 Å². The molecule has 1 amide bonds. The molecule has 27 heavy (non-hydrogen) atoms. The lowest BCUT2D eigenvalue weighted by molar-refractivity contribution is -0.137. The summed E-state index contributed by atoms with van der Waals surface area (Å²) in [5, 5.41) is 8.45. The number of fused-ring (bicyclic) bond motifs is 3. The van der Waals surface area contributed by atoms with Gasteiger partial charge in [-0.05, 0) is 18.2 Å². The number of benzene rings is 2. The maximum Gasteiger partial charge on any atom is 0.416 e. The Balaban J connectivity index is 2.03. The summed E-state index contributed by atoms with van der Waals surface area (Å²) in [6.07, 6.45) is -3.87. The van der Waals surface area contributed by atoms with Gasteiger partial charge in [-0.2, -0.15) is 13.2 Å². The molecule has 3 aromatic rings. The fourth-order valence-corrected chi connectivity index (χ4v) is 3.32. The maximum absolute atomic E-state index is 13.3. The van der Waals surface area contributed by atoms with Crippen molar-refractivity contribution < 1.29 is 18.0 Å². The molecule has 0 radical (unpaired) electrons. The number of hydrogen-bond acceptors (Lipinski definition) is 3. The monoisotopic (exact) mass is 372 g/mol. The standard InChI is InChI=1S/C19H15F3N4O/c1-12-10-25(11-27)15-8-7-14(19(20,21)22)9-16(15)26-17(12)23-24-18(26)13-5-3-2-4-6-13/h2-9,11-12H,10H2,1H3. The number of nitrogens with zero attached hydrogens (tertiary/aromatic N) is 4. The summed E-state index contributed by atoms with van der Waals surface area (Å²) < 4.78 is 41.6. The summed E-state index contributed by atoms with van der Waals surface area (Å²) in [5.41, 5.74) is 0.562. The number of rotatable bonds is 2. The largest absolute Gasteiger partial charge is 0.416 e. The van der Waals surface area contributed by atoms with Crippen molar-refractivity contribution in [1.82, 2.24) is 14.8 Å². The van der Waals surface area contributed by atoms with Crippen LogP contribution in [0.4, 0.5) is 18.9 Å². The molecular weight excluding hydrogens is 357 g/mol. The second kappa shape index (κ2) is 6.22. The molecule has 1 aromatic heterocycles. The van der Waals surface area contributed by atoms with Crippen LogP contribution >= 0.6 is 0 Å². The van der Waals surface area contributed by atoms with Gasteiger partial charge < -0.3 is 4.90 Å². The van der Waals surface area contributed by atoms with Crippen molar-refractivity contribution in [2.45, 2.75) is 19.0 Å². The summed E-state index contributed by atoms with van der Waals surface area (Å²) >= 11 is 0. The Morgan fingerprint density at radius 3 is 2.48 bits per heavy atom. The second-order valence-corrected chi connectivity index (χ2v) is 6.44. The van der Waals surface area contributed by atoms with Gasteiger partial charge in [-0.15, -0.1) is 10.2 Å². The van der Waals surface area contributed by atoms with E-state index in [9.17, 15) is 18.0 Å². The third-order valence-electron chi connectivity index (χ3n) is 4.61. The highest BCUT2D eigenvalue weighted by Gasteiger charge is 2.34. The summed E-state index contributed by atoms with van der Waals surface area (Å²) in [6.45, 7) is 2.16. The predicted molar refractivity (Wildman–Crippen MR) is 93.6 cm³/mol. The van der Waals surface area contributed by atoms with E-state index in [1.807, 2.05) is 37.3 Å². The minimum absolute atomic E-state index is 0.207. The van der Waals surface area contributed by atoms with Gasteiger partial charge in [0.15, 0.2) is 5.82 Å². The Hall–Kier alpha value is -3.16. The van der Waals surface area contributed by atoms with Crippen LogP contribution in [0.1, 0.15) is 24.2 Å². The van der Waals surface area contributed by atoms with Gasteiger partial charge in [0, 0.05) is 18.0 Å². The van der Waals surface area contributed by atoms with E-state index in [-0.39, 0.29) is 11.6 Å². The zero-order chi connectivity index (χ0) is 19.2. The number of carbonyl (C=O) groups excluding carboxylic acids is 1. The van der Waals surface area contributed by atoms with E-state index in [1.165, 1.54) is 11.0 Å². The molecular formula is C19H15F3N4O. The lowest BCUT2D eigenvalue weighted by Crippen LogP contribution is -2.25. The van der Waals surface area contributed by atoms with E-state index in [2.05, 4.69) is 10.2 Å². The smallest absolute Gasteiger partial charge is 0.312 e. The SMILES string of the molecule is CC1CN(C=O)c2ccc(C(F)(F)F)cc2-n2c(-c3ccccc3)nnc21. The number of carbonyl (C=O) groups is 1. The highest BCUT2D eigenvalue weighted by molar-refractivity contribution is 5.82. The lowest BCUT2D eigenvalue weighted by atomic mass is 10.1. The van der Waals surface area contributed by atoms with Gasteiger partial charge >= 0.3 is 6.18 Å². The van der Waals surface area contributed by atoms with E-state index in [4.69, 9.17) is 0 Å². The molecule has 1 unspecified atom stereocenters. The van der Waals surface area contributed by atoms with Crippen molar-refractivity contribution in [3.63, 3.8) is 0 Å². The van der Waals surface area contributed by atoms with Crippen LogP contribution < -0.4 is 4.90 Å². The Bertz CT molecular complexity index is 998. The number of amides is 1. The summed E-state index contributed by atoms with van der Waals surface area (Å²) in [4.78, 5) is 13.0. The first-order chi connectivity index (χ1) is 12.9. The Kier molecular flexibility index (Phi) is 3.98. The molecule has 138 valence electrons. The van der Waals surface area contributed by atoms with E-state index < -0.39 is 11.7 Å². The minimum atomic E-state index is -4.50. The molecule has 0 bridgehead atoms. The minimum Gasteiger partial charge on any atom is -0.312 e. The lowest BCUT2D eigenvalue weighted by Gasteiger charge is -2.20. The number of halogens is 3. The fraction of sp³-hybridized carbons (Fsp3) is 0.211. The van der Waals surface area contributed by atoms with Crippen molar-refractivity contribution in [3.05, 3.63) is 59.9 Å². The summed E-state index contributed by atoms with van der Waals surface area (Å²) in [5.74, 6) is 0.742. The van der Waals surface area contributed by atoms with Gasteiger partial charge in [0.25, 0.3) is 0 Å². The fourth-order valence-electron chi connectivity index (χ4n) is 3.32. The quantitative estimate of drug-likeness (QED) is 0.638. The molecule has 8 heteroatoms. The first-order valence-corrected chi connectivity index (χ1v) is 8.34. The Morgan fingerprint density at radius 2 is 1.81 bits per heavy atom. The molecule has 1 aliphatic rings. The van der Waals surface area contributed by atoms with Gasteiger partial charge in [0.1, 0.15) is 5.82 Å². The number of aromatic nitrogens is 3. The molecule has 0 saturated heterocycles. The molecule has 4 rings (SSSR count). The second-order valence-electron chi connectivity index (χ2n) is 6.44. The van der Waals surface area contributed by atoms with Crippen molar-refractivity contribution in [2.24, 2.45) is 0 Å². The predicted octanol–water partition coefficient (Wildman–Crippen LogP) is 4.03. The van der Waals surface area contributed by atoms with Crippen molar-refractivity contribution in [2.75, 3.05) is 11.4 Å². The molecule has 2 aromatic carbocycles. The number of hydrogen-bond donors (Lipinski definition) is 0. The normalized spacial score (nSPS) is 16.4. The van der Waals surface area contributed by atoms with Crippen molar-refractivity contribution in [1.29, 1.82) is 0 Å². The molecule has 1 aliphatic heterocycles. The molecule has 0 N–H and O–H groups in total. The van der Waals surface area contributed by atoms with Crippen LogP contribution in [0.25, 0.3) is 17.1 Å². The van der Waals surface area contributed by atoms with Crippen LogP contribution in [0.3, 0.4) is 0 Å². The van der Waals surface area contributed by atoms with Crippen LogP contribution in [-0.4, -0.2) is 27.7 Å². The highest BCUT2D eigenvalue weighted by atomic mass is 19.4. The molecule has 1 atom stereocenters. The zero-order valence-corrected chi connectivity index (χ0v) is 14.3. The third-order valence-corrected chi connectivity index (χ3v) is 4.61. The maximum atomic E-state index is 13.3. The van der Waals surface area contributed by atoms with Gasteiger partial charge in [0.2, 0.25) is 6.41 Å². The van der Waals surface area contributed by atoms with Crippen LogP contribution in [0.15, 0.2) is 48.5 Å². The summed E-state index contributed by atoms with van der Waals surface area (Å²) in [6, 6.07) is 12.5. The molecule has 0 saturated carbocycles. The van der Waals surface area contributed by atoms with E-state index in [1.54, 1.807) is 4.57 Å². The van der Waals surface area contributed by atoms with Gasteiger partial charge in [0.05, 0.1) is 16.9 Å². The Morgan fingerprint density at radius 1 is 1.07 bits per heavy atom. The average molecular weight is 372 g/mol. The highest BCUT2D eigenvalue weighted by Crippen LogP contribution is 2.39. The molecule has 2 heterocycles. The molecule has 5 nitrogen and oxygen atoms in total. The van der Waals surface area contributed by atoms with Gasteiger partial charge in [-0.1, -0.05) is 37.3 Å². The Labute approximate surface area is 153 Å². The van der Waals surface area contributed by atoms with E-state index in [0.717, 1.165) is 17.7 Å². The van der Waals surface area contributed by atoms with Crippen LogP contribution in [-0.2, 0) is 11.0 Å². The third kappa shape index (κ3) is 2.87. The van der Waals surface area contributed by atoms with Crippen LogP contribution in [0.5, 0.6) is 0 Å². The molecule has 0 fully saturated rings. The van der Waals surface area contributed by atoms with Crippen LogP contribution in [0, 0.1) is 0 Å². The van der Waals surface area contributed by atoms with Gasteiger partial charge in [-0.25, -0.2) is 0 Å². The van der Waals surface area contributed by atoms with Gasteiger partial charge in [-0.3, -0.25) is 9.36 Å². The van der Waals surface area contributed by atoms with Crippen molar-refractivity contribution >= 4 is 12.1 Å².